The van der Waals surface area contributed by atoms with Crippen LogP contribution in [0.5, 0.6) is 0 Å². The molecule has 2 heterocycles. The van der Waals surface area contributed by atoms with Crippen molar-refractivity contribution in [1.29, 1.82) is 0 Å². The molecule has 2 aromatic rings. The van der Waals surface area contributed by atoms with Crippen molar-refractivity contribution < 1.29 is 0 Å². The summed E-state index contributed by atoms with van der Waals surface area (Å²) in [4.78, 5) is 7.00. The minimum absolute atomic E-state index is 0.588. The highest BCUT2D eigenvalue weighted by Crippen LogP contribution is 2.31. The van der Waals surface area contributed by atoms with E-state index in [1.807, 2.05) is 12.3 Å². The van der Waals surface area contributed by atoms with Crippen molar-refractivity contribution in [2.75, 3.05) is 18.0 Å². The van der Waals surface area contributed by atoms with E-state index in [9.17, 15) is 0 Å². The van der Waals surface area contributed by atoms with E-state index in [0.717, 1.165) is 25.0 Å². The van der Waals surface area contributed by atoms with Gasteiger partial charge in [-0.1, -0.05) is 18.2 Å². The molecular weight excluding hydrogens is 234 g/mol. The first-order valence-electron chi connectivity index (χ1n) is 7.20. The highest BCUT2D eigenvalue weighted by atomic mass is 15.2. The lowest BCUT2D eigenvalue weighted by molar-refractivity contribution is 0.442. The summed E-state index contributed by atoms with van der Waals surface area (Å²) in [6, 6.07) is 11.1. The molecule has 1 fully saturated rings. The van der Waals surface area contributed by atoms with Gasteiger partial charge in [0.15, 0.2) is 0 Å². The molecule has 1 aromatic carbocycles. The van der Waals surface area contributed by atoms with Gasteiger partial charge < -0.3 is 10.6 Å². The van der Waals surface area contributed by atoms with Crippen LogP contribution < -0.4 is 10.6 Å². The van der Waals surface area contributed by atoms with Crippen molar-refractivity contribution in [2.24, 2.45) is 5.73 Å². The van der Waals surface area contributed by atoms with Gasteiger partial charge in [0.1, 0.15) is 0 Å². The van der Waals surface area contributed by atoms with E-state index >= 15 is 0 Å². The normalized spacial score (nSPS) is 19.8. The van der Waals surface area contributed by atoms with Crippen LogP contribution >= 0.6 is 0 Å². The first-order chi connectivity index (χ1) is 9.40. The van der Waals surface area contributed by atoms with Gasteiger partial charge in [-0.15, -0.1) is 0 Å². The van der Waals surface area contributed by atoms with E-state index < -0.39 is 0 Å². The second-order valence-corrected chi connectivity index (χ2v) is 5.27. The number of nitrogens with zero attached hydrogens (tertiary/aromatic N) is 2. The summed E-state index contributed by atoms with van der Waals surface area (Å²) in [6.07, 6.45) is 6.86. The number of fused-ring (bicyclic) bond motifs is 1. The van der Waals surface area contributed by atoms with Gasteiger partial charge in [0.05, 0.1) is 5.52 Å². The molecule has 2 N–H and O–H groups in total. The fourth-order valence-electron chi connectivity index (χ4n) is 3.14. The van der Waals surface area contributed by atoms with Gasteiger partial charge in [-0.25, -0.2) is 0 Å². The van der Waals surface area contributed by atoms with E-state index in [2.05, 4.69) is 34.1 Å². The average Bonchev–Trinajstić information content (AvgIpc) is 2.48. The zero-order chi connectivity index (χ0) is 13.1. The molecule has 0 aliphatic carbocycles. The fraction of sp³-hybridized carbons (Fsp3) is 0.438. The summed E-state index contributed by atoms with van der Waals surface area (Å²) in [7, 11) is 0. The predicted molar refractivity (Wildman–Crippen MR) is 80.4 cm³/mol. The molecule has 100 valence electrons. The van der Waals surface area contributed by atoms with E-state index in [1.54, 1.807) is 0 Å². The molecule has 0 bridgehead atoms. The lowest BCUT2D eigenvalue weighted by atomic mass is 9.98. The van der Waals surface area contributed by atoms with Crippen LogP contribution in [0.1, 0.15) is 25.7 Å². The molecule has 1 atom stereocenters. The lowest BCUT2D eigenvalue weighted by Crippen LogP contribution is -2.40. The molecule has 0 radical (unpaired) electrons. The molecule has 1 aromatic heterocycles. The Morgan fingerprint density at radius 1 is 1.21 bits per heavy atom. The zero-order valence-electron chi connectivity index (χ0n) is 11.3. The Bertz CT molecular complexity index is 545. The zero-order valence-corrected chi connectivity index (χ0v) is 11.3. The van der Waals surface area contributed by atoms with Crippen molar-refractivity contribution in [1.82, 2.24) is 4.98 Å². The average molecular weight is 255 g/mol. The van der Waals surface area contributed by atoms with E-state index in [1.165, 1.54) is 30.3 Å². The van der Waals surface area contributed by atoms with Crippen molar-refractivity contribution >= 4 is 16.6 Å². The largest absolute Gasteiger partial charge is 0.368 e. The number of nitrogens with two attached hydrogens (primary N) is 1. The van der Waals surface area contributed by atoms with E-state index in [-0.39, 0.29) is 0 Å². The van der Waals surface area contributed by atoms with Crippen LogP contribution in [0.15, 0.2) is 36.5 Å². The molecular formula is C16H21N3. The summed E-state index contributed by atoms with van der Waals surface area (Å²) in [5, 5.41) is 1.26. The van der Waals surface area contributed by atoms with Gasteiger partial charge in [0.2, 0.25) is 0 Å². The fourth-order valence-corrected chi connectivity index (χ4v) is 3.14. The van der Waals surface area contributed by atoms with Crippen LogP contribution in [0, 0.1) is 0 Å². The Balaban J connectivity index is 2.02. The first kappa shape index (κ1) is 12.4. The van der Waals surface area contributed by atoms with Crippen LogP contribution in [0.25, 0.3) is 10.9 Å². The number of pyridine rings is 1. The van der Waals surface area contributed by atoms with Crippen LogP contribution in [0.2, 0.25) is 0 Å². The minimum Gasteiger partial charge on any atom is -0.368 e. The van der Waals surface area contributed by atoms with E-state index in [0.29, 0.717) is 6.04 Å². The van der Waals surface area contributed by atoms with Crippen molar-refractivity contribution in [3.63, 3.8) is 0 Å². The van der Waals surface area contributed by atoms with Gasteiger partial charge in [-0.3, -0.25) is 4.98 Å². The number of hydrogen-bond donors (Lipinski definition) is 1. The Hall–Kier alpha value is -1.61. The van der Waals surface area contributed by atoms with E-state index in [4.69, 9.17) is 5.73 Å². The highest BCUT2D eigenvalue weighted by Gasteiger charge is 2.23. The molecule has 3 rings (SSSR count). The maximum absolute atomic E-state index is 5.77. The van der Waals surface area contributed by atoms with Gasteiger partial charge >= 0.3 is 0 Å². The second-order valence-electron chi connectivity index (χ2n) is 5.27. The molecule has 0 saturated carbocycles. The summed E-state index contributed by atoms with van der Waals surface area (Å²) >= 11 is 0. The lowest BCUT2D eigenvalue weighted by Gasteiger charge is -2.38. The number of piperidine rings is 1. The quantitative estimate of drug-likeness (QED) is 0.917. The van der Waals surface area contributed by atoms with Crippen molar-refractivity contribution in [2.45, 2.75) is 31.7 Å². The third kappa shape index (κ3) is 2.43. The number of benzene rings is 1. The monoisotopic (exact) mass is 255 g/mol. The number of rotatable bonds is 3. The van der Waals surface area contributed by atoms with Crippen LogP contribution in [0.3, 0.4) is 0 Å². The van der Waals surface area contributed by atoms with Crippen LogP contribution in [-0.2, 0) is 0 Å². The maximum Gasteiger partial charge on any atom is 0.0722 e. The second kappa shape index (κ2) is 5.57. The molecule has 19 heavy (non-hydrogen) atoms. The highest BCUT2D eigenvalue weighted by molar-refractivity contribution is 5.91. The van der Waals surface area contributed by atoms with Crippen LogP contribution in [-0.4, -0.2) is 24.1 Å². The summed E-state index contributed by atoms with van der Waals surface area (Å²) in [5.74, 6) is 0. The smallest absolute Gasteiger partial charge is 0.0722 e. The maximum atomic E-state index is 5.77. The van der Waals surface area contributed by atoms with Gasteiger partial charge in [0.25, 0.3) is 0 Å². The Kier molecular flexibility index (Phi) is 3.65. The van der Waals surface area contributed by atoms with Gasteiger partial charge in [0, 0.05) is 29.9 Å². The Morgan fingerprint density at radius 3 is 3.00 bits per heavy atom. The summed E-state index contributed by atoms with van der Waals surface area (Å²) in [6.45, 7) is 1.91. The molecule has 1 aliphatic heterocycles. The summed E-state index contributed by atoms with van der Waals surface area (Å²) < 4.78 is 0. The standard InChI is InChI=1S/C16H21N3/c17-10-8-13-5-3-4-12-19(13)16-9-11-18-15-7-2-1-6-14(15)16/h1-2,6-7,9,11,13H,3-5,8,10,12,17H2. The number of anilines is 1. The number of aromatic nitrogens is 1. The third-order valence-corrected chi connectivity index (χ3v) is 4.06. The first-order valence-corrected chi connectivity index (χ1v) is 7.20. The molecule has 0 amide bonds. The predicted octanol–water partition coefficient (Wildman–Crippen LogP) is 2.94. The minimum atomic E-state index is 0.588. The third-order valence-electron chi connectivity index (χ3n) is 4.06. The molecule has 0 spiro atoms. The molecule has 3 nitrogen and oxygen atoms in total. The van der Waals surface area contributed by atoms with Crippen molar-refractivity contribution in [3.05, 3.63) is 36.5 Å². The molecule has 1 aliphatic rings. The number of para-hydroxylation sites is 1. The van der Waals surface area contributed by atoms with Gasteiger partial charge in [-0.05, 0) is 44.4 Å². The van der Waals surface area contributed by atoms with Gasteiger partial charge in [-0.2, -0.15) is 0 Å². The van der Waals surface area contributed by atoms with Crippen LogP contribution in [0.4, 0.5) is 5.69 Å². The molecule has 1 unspecified atom stereocenters. The Labute approximate surface area is 114 Å². The SMILES string of the molecule is NCCC1CCCCN1c1ccnc2ccccc12. The Morgan fingerprint density at radius 2 is 2.11 bits per heavy atom. The molecule has 1 saturated heterocycles. The van der Waals surface area contributed by atoms with Crippen molar-refractivity contribution in [3.8, 4) is 0 Å². The number of hydrogen-bond acceptors (Lipinski definition) is 3. The summed E-state index contributed by atoms with van der Waals surface area (Å²) in [5.41, 5.74) is 8.18. The topological polar surface area (TPSA) is 42.1 Å². The molecule has 3 heteroatoms.